The summed E-state index contributed by atoms with van der Waals surface area (Å²) in [5.74, 6) is 0. The SMILES string of the molecule is ClC1(Cl)SC(Cl)(Cl)S1. The average molecular weight is 230 g/mol. The van der Waals surface area contributed by atoms with Crippen molar-refractivity contribution in [2.24, 2.45) is 0 Å². The molecule has 1 heterocycles. The molecule has 8 heavy (non-hydrogen) atoms. The summed E-state index contributed by atoms with van der Waals surface area (Å²) in [7, 11) is 0. The second-order valence-corrected chi connectivity index (χ2v) is 8.95. The Kier molecular flexibility index (Phi) is 2.17. The quantitative estimate of drug-likeness (QED) is 0.582. The van der Waals surface area contributed by atoms with Gasteiger partial charge in [0, 0.05) is 0 Å². The molecule has 0 N–H and O–H groups in total. The fraction of sp³-hybridized carbons (Fsp3) is 1.00. The molecule has 1 aliphatic heterocycles. The first kappa shape index (κ1) is 7.96. The first-order valence-electron chi connectivity index (χ1n) is 1.57. The molecule has 1 rings (SSSR count). The van der Waals surface area contributed by atoms with Gasteiger partial charge >= 0.3 is 0 Å². The van der Waals surface area contributed by atoms with Crippen LogP contribution in [0.2, 0.25) is 0 Å². The van der Waals surface area contributed by atoms with Gasteiger partial charge in [0.2, 0.25) is 5.99 Å². The third-order valence-corrected chi connectivity index (χ3v) is 4.28. The number of alkyl halides is 4. The lowest BCUT2D eigenvalue weighted by Crippen LogP contribution is -2.26. The van der Waals surface area contributed by atoms with Crippen LogP contribution in [0.3, 0.4) is 0 Å². The van der Waals surface area contributed by atoms with Gasteiger partial charge in [-0.3, -0.25) is 0 Å². The summed E-state index contributed by atoms with van der Waals surface area (Å²) in [5, 5.41) is 0. The van der Waals surface area contributed by atoms with E-state index in [0.717, 1.165) is 23.5 Å². The number of rotatable bonds is 0. The zero-order valence-electron chi connectivity index (χ0n) is 3.33. The molecule has 0 unspecified atom stereocenters. The Hall–Kier alpha value is 1.86. The van der Waals surface area contributed by atoms with Crippen molar-refractivity contribution in [3.8, 4) is 0 Å². The maximum atomic E-state index is 5.51. The lowest BCUT2D eigenvalue weighted by Gasteiger charge is -2.38. The van der Waals surface area contributed by atoms with Gasteiger partial charge in [-0.2, -0.15) is 0 Å². The number of hydrogen-bond acceptors (Lipinski definition) is 2. The van der Waals surface area contributed by atoms with E-state index in [1.807, 2.05) is 0 Å². The fourth-order valence-electron chi connectivity index (χ4n) is 0.284. The predicted octanol–water partition coefficient (Wildman–Crippen LogP) is 3.64. The Morgan fingerprint density at radius 1 is 0.750 bits per heavy atom. The van der Waals surface area contributed by atoms with Gasteiger partial charge in [0.1, 0.15) is 0 Å². The van der Waals surface area contributed by atoms with Crippen molar-refractivity contribution in [2.75, 3.05) is 0 Å². The van der Waals surface area contributed by atoms with Crippen molar-refractivity contribution >= 4 is 69.9 Å². The molecule has 0 aromatic rings. The largest absolute Gasteiger partial charge is 0.216 e. The van der Waals surface area contributed by atoms with Crippen molar-refractivity contribution < 1.29 is 0 Å². The molecule has 0 amide bonds. The van der Waals surface area contributed by atoms with Crippen LogP contribution in [0.5, 0.6) is 0 Å². The van der Waals surface area contributed by atoms with Gasteiger partial charge in [0.05, 0.1) is 0 Å². The van der Waals surface area contributed by atoms with Crippen LogP contribution in [0.25, 0.3) is 0 Å². The molecule has 0 bridgehead atoms. The first-order valence-corrected chi connectivity index (χ1v) is 4.72. The minimum Gasteiger partial charge on any atom is -0.0771 e. The topological polar surface area (TPSA) is 0 Å². The number of hydrogen-bond donors (Lipinski definition) is 0. The monoisotopic (exact) mass is 228 g/mol. The van der Waals surface area contributed by atoms with Crippen LogP contribution in [0.4, 0.5) is 0 Å². The van der Waals surface area contributed by atoms with Crippen LogP contribution >= 0.6 is 69.9 Å². The van der Waals surface area contributed by atoms with Gasteiger partial charge in [-0.15, -0.1) is 0 Å². The van der Waals surface area contributed by atoms with E-state index in [4.69, 9.17) is 46.4 Å². The van der Waals surface area contributed by atoms with E-state index >= 15 is 0 Å². The van der Waals surface area contributed by atoms with Crippen molar-refractivity contribution in [1.29, 1.82) is 0 Å². The summed E-state index contributed by atoms with van der Waals surface area (Å²) in [6.07, 6.45) is 0. The minimum atomic E-state index is -0.830. The van der Waals surface area contributed by atoms with Crippen LogP contribution in [0.15, 0.2) is 0 Å². The smallest absolute Gasteiger partial charge is 0.0771 e. The highest BCUT2D eigenvalue weighted by atomic mass is 35.5. The maximum Gasteiger partial charge on any atom is 0.216 e. The number of halogens is 4. The lowest BCUT2D eigenvalue weighted by atomic mass is 11.7. The van der Waals surface area contributed by atoms with E-state index < -0.39 is 5.99 Å². The molecule has 1 aliphatic rings. The molecule has 6 heteroatoms. The van der Waals surface area contributed by atoms with Gasteiger partial charge in [-0.05, 0) is 0 Å². The number of thioether (sulfide) groups is 2. The highest BCUT2D eigenvalue weighted by Gasteiger charge is 2.53. The fourth-order valence-corrected chi connectivity index (χ4v) is 6.93. The summed E-state index contributed by atoms with van der Waals surface area (Å²) in [6, 6.07) is 0. The molecule has 0 nitrogen and oxygen atoms in total. The third-order valence-electron chi connectivity index (χ3n) is 0.475. The summed E-state index contributed by atoms with van der Waals surface area (Å²) >= 11 is 24.3. The Labute approximate surface area is 75.6 Å². The van der Waals surface area contributed by atoms with Crippen molar-refractivity contribution in [3.63, 3.8) is 0 Å². The lowest BCUT2D eigenvalue weighted by molar-refractivity contribution is 1.60. The Morgan fingerprint density at radius 3 is 1.00 bits per heavy atom. The van der Waals surface area contributed by atoms with Gasteiger partial charge in [-0.25, -0.2) is 0 Å². The molecule has 0 aromatic carbocycles. The predicted molar refractivity (Wildman–Crippen MR) is 44.1 cm³/mol. The van der Waals surface area contributed by atoms with E-state index in [9.17, 15) is 0 Å². The van der Waals surface area contributed by atoms with E-state index in [-0.39, 0.29) is 0 Å². The molecular weight excluding hydrogens is 230 g/mol. The van der Waals surface area contributed by atoms with Crippen molar-refractivity contribution in [2.45, 2.75) is 5.99 Å². The highest BCUT2D eigenvalue weighted by molar-refractivity contribution is 8.41. The van der Waals surface area contributed by atoms with Gasteiger partial charge in [0.25, 0.3) is 0 Å². The van der Waals surface area contributed by atoms with E-state index in [0.29, 0.717) is 0 Å². The van der Waals surface area contributed by atoms with Crippen LogP contribution in [-0.2, 0) is 0 Å². The zero-order chi connectivity index (χ0) is 6.41. The summed E-state index contributed by atoms with van der Waals surface area (Å²) in [4.78, 5) is 0. The summed E-state index contributed by atoms with van der Waals surface area (Å²) in [5.41, 5.74) is 0. The first-order chi connectivity index (χ1) is 3.41. The Morgan fingerprint density at radius 2 is 1.00 bits per heavy atom. The molecule has 0 aliphatic carbocycles. The van der Waals surface area contributed by atoms with Crippen LogP contribution in [0.1, 0.15) is 0 Å². The summed E-state index contributed by atoms with van der Waals surface area (Å²) in [6.45, 7) is 0. The molecule has 0 atom stereocenters. The average Bonchev–Trinajstić information content (AvgIpc) is 1.20. The molecular formula is C2Cl4S2. The van der Waals surface area contributed by atoms with Crippen molar-refractivity contribution in [1.82, 2.24) is 0 Å². The second kappa shape index (κ2) is 2.18. The van der Waals surface area contributed by atoms with E-state index in [1.165, 1.54) is 0 Å². The van der Waals surface area contributed by atoms with Gasteiger partial charge in [0.15, 0.2) is 0 Å². The molecule has 0 radical (unpaired) electrons. The zero-order valence-corrected chi connectivity index (χ0v) is 7.99. The standard InChI is InChI=1S/C2Cl4S2/c3-1(4)7-2(5,6)8-1. The van der Waals surface area contributed by atoms with E-state index in [1.54, 1.807) is 0 Å². The molecule has 0 spiro atoms. The second-order valence-electron chi connectivity index (χ2n) is 1.13. The third kappa shape index (κ3) is 1.93. The molecule has 1 fully saturated rings. The Balaban J connectivity index is 2.42. The van der Waals surface area contributed by atoms with E-state index in [2.05, 4.69) is 0 Å². The highest BCUT2D eigenvalue weighted by Crippen LogP contribution is 2.72. The molecule has 0 aromatic heterocycles. The molecule has 48 valence electrons. The Bertz CT molecular complexity index is 88.6. The van der Waals surface area contributed by atoms with Crippen LogP contribution < -0.4 is 0 Å². The molecule has 0 saturated carbocycles. The minimum absolute atomic E-state index is 0.830. The van der Waals surface area contributed by atoms with Gasteiger partial charge < -0.3 is 0 Å². The summed E-state index contributed by atoms with van der Waals surface area (Å²) < 4.78 is -1.66. The van der Waals surface area contributed by atoms with Crippen molar-refractivity contribution in [3.05, 3.63) is 0 Å². The normalized spacial score (nSPS) is 31.5. The maximum absolute atomic E-state index is 5.51. The van der Waals surface area contributed by atoms with Gasteiger partial charge in [-0.1, -0.05) is 69.9 Å². The van der Waals surface area contributed by atoms with Crippen LogP contribution in [0, 0.1) is 0 Å². The molecule has 1 saturated heterocycles. The van der Waals surface area contributed by atoms with Crippen LogP contribution in [-0.4, -0.2) is 5.99 Å².